The van der Waals surface area contributed by atoms with E-state index in [2.05, 4.69) is 15.4 Å². The van der Waals surface area contributed by atoms with Gasteiger partial charge in [0.1, 0.15) is 5.75 Å². The number of halogens is 2. The number of ether oxygens (including phenoxy) is 1. The summed E-state index contributed by atoms with van der Waals surface area (Å²) in [5, 5.41) is 9.50. The van der Waals surface area contributed by atoms with E-state index in [1.165, 1.54) is 24.3 Å². The number of anilines is 1. The van der Waals surface area contributed by atoms with Gasteiger partial charge < -0.3 is 20.3 Å². The van der Waals surface area contributed by atoms with Crippen LogP contribution in [-0.4, -0.2) is 38.2 Å². The van der Waals surface area contributed by atoms with Gasteiger partial charge in [0, 0.05) is 12.2 Å². The summed E-state index contributed by atoms with van der Waals surface area (Å²) in [4.78, 5) is 14.0. The minimum Gasteiger partial charge on any atom is -0.435 e. The van der Waals surface area contributed by atoms with Crippen LogP contribution >= 0.6 is 11.3 Å². The zero-order chi connectivity index (χ0) is 17.5. The molecule has 2 aromatic rings. The molecule has 24 heavy (non-hydrogen) atoms. The summed E-state index contributed by atoms with van der Waals surface area (Å²) in [6, 6.07) is 7.48. The number of hydrogen-bond acceptors (Lipinski definition) is 4. The van der Waals surface area contributed by atoms with Crippen molar-refractivity contribution in [3.8, 4) is 5.75 Å². The van der Waals surface area contributed by atoms with Gasteiger partial charge >= 0.3 is 12.6 Å². The maximum atomic E-state index is 12.1. The largest absolute Gasteiger partial charge is 0.435 e. The van der Waals surface area contributed by atoms with Crippen LogP contribution in [0.3, 0.4) is 0 Å². The fraction of sp³-hybridized carbons (Fsp3) is 0.312. The Morgan fingerprint density at radius 2 is 1.96 bits per heavy atom. The predicted octanol–water partition coefficient (Wildman–Crippen LogP) is 3.77. The Balaban J connectivity index is 1.86. The highest BCUT2D eigenvalue weighted by atomic mass is 32.1. The molecule has 8 heteroatoms. The molecule has 5 nitrogen and oxygen atoms in total. The molecule has 0 saturated heterocycles. The van der Waals surface area contributed by atoms with Gasteiger partial charge in [-0.2, -0.15) is 20.1 Å². The predicted molar refractivity (Wildman–Crippen MR) is 90.8 cm³/mol. The molecule has 0 aliphatic carbocycles. The van der Waals surface area contributed by atoms with Crippen molar-refractivity contribution in [2.75, 3.05) is 26.0 Å². The van der Waals surface area contributed by atoms with Crippen LogP contribution in [0.15, 0.2) is 41.1 Å². The first kappa shape index (κ1) is 18.2. The van der Waals surface area contributed by atoms with E-state index in [4.69, 9.17) is 0 Å². The lowest BCUT2D eigenvalue weighted by atomic mass is 10.1. The smallest absolute Gasteiger partial charge is 0.387 e. The summed E-state index contributed by atoms with van der Waals surface area (Å²) in [6.45, 7) is -2.42. The second-order valence-electron chi connectivity index (χ2n) is 5.27. The topological polar surface area (TPSA) is 53.6 Å². The maximum Gasteiger partial charge on any atom is 0.387 e. The summed E-state index contributed by atoms with van der Waals surface area (Å²) in [5.41, 5.74) is 1.63. The number of thiophene rings is 1. The average molecular weight is 355 g/mol. The summed E-state index contributed by atoms with van der Waals surface area (Å²) < 4.78 is 28.4. The fourth-order valence-corrected chi connectivity index (χ4v) is 2.85. The van der Waals surface area contributed by atoms with Gasteiger partial charge in [-0.15, -0.1) is 0 Å². The number of hydrogen-bond donors (Lipinski definition) is 2. The Bertz CT molecular complexity index is 633. The van der Waals surface area contributed by atoms with Crippen molar-refractivity contribution in [1.82, 2.24) is 10.2 Å². The van der Waals surface area contributed by atoms with E-state index in [-0.39, 0.29) is 17.8 Å². The summed E-state index contributed by atoms with van der Waals surface area (Å²) in [5.74, 6) is 0.0427. The number of amides is 2. The van der Waals surface area contributed by atoms with Gasteiger partial charge in [0.05, 0.1) is 6.04 Å². The van der Waals surface area contributed by atoms with E-state index in [1.54, 1.807) is 11.3 Å². The van der Waals surface area contributed by atoms with Gasteiger partial charge in [0.25, 0.3) is 0 Å². The zero-order valence-corrected chi connectivity index (χ0v) is 14.1. The molecular weight excluding hydrogens is 336 g/mol. The number of benzene rings is 1. The van der Waals surface area contributed by atoms with Crippen molar-refractivity contribution in [2.24, 2.45) is 0 Å². The second-order valence-corrected chi connectivity index (χ2v) is 6.05. The molecule has 0 fully saturated rings. The average Bonchev–Trinajstić information content (AvgIpc) is 3.02. The van der Waals surface area contributed by atoms with E-state index >= 15 is 0 Å². The van der Waals surface area contributed by atoms with Crippen LogP contribution in [0.2, 0.25) is 0 Å². The van der Waals surface area contributed by atoms with Crippen molar-refractivity contribution in [2.45, 2.75) is 12.7 Å². The van der Waals surface area contributed by atoms with Crippen LogP contribution in [0.5, 0.6) is 5.75 Å². The van der Waals surface area contributed by atoms with Crippen molar-refractivity contribution in [3.63, 3.8) is 0 Å². The first-order valence-corrected chi connectivity index (χ1v) is 8.18. The van der Waals surface area contributed by atoms with Crippen LogP contribution in [0.1, 0.15) is 11.6 Å². The number of carbonyl (C=O) groups excluding carboxylic acids is 1. The van der Waals surface area contributed by atoms with Crippen molar-refractivity contribution >= 4 is 23.1 Å². The lowest BCUT2D eigenvalue weighted by Crippen LogP contribution is -2.36. The molecule has 2 rings (SSSR count). The number of carbonyl (C=O) groups is 1. The Kier molecular flexibility index (Phi) is 6.51. The molecule has 1 aromatic carbocycles. The van der Waals surface area contributed by atoms with E-state index < -0.39 is 6.61 Å². The van der Waals surface area contributed by atoms with Crippen LogP contribution in [0.4, 0.5) is 19.3 Å². The molecule has 0 unspecified atom stereocenters. The zero-order valence-electron chi connectivity index (χ0n) is 13.3. The standard InChI is InChI=1S/C16H19F2N3O2S/c1-21(2)14(11-7-8-24-10-11)9-19-16(22)20-12-3-5-13(6-4-12)23-15(17)18/h3-8,10,14-15H,9H2,1-2H3,(H2,19,20,22)/t14-/m1/s1. The van der Waals surface area contributed by atoms with E-state index in [0.29, 0.717) is 12.2 Å². The molecule has 1 heterocycles. The summed E-state index contributed by atoms with van der Waals surface area (Å²) in [6.07, 6.45) is 0. The minimum absolute atomic E-state index is 0.0427. The first-order chi connectivity index (χ1) is 11.5. The molecule has 0 saturated carbocycles. The van der Waals surface area contributed by atoms with E-state index in [9.17, 15) is 13.6 Å². The van der Waals surface area contributed by atoms with Crippen molar-refractivity contribution < 1.29 is 18.3 Å². The third kappa shape index (κ3) is 5.47. The molecule has 2 amide bonds. The lowest BCUT2D eigenvalue weighted by Gasteiger charge is -2.24. The van der Waals surface area contributed by atoms with Crippen LogP contribution in [-0.2, 0) is 0 Å². The number of alkyl halides is 2. The number of rotatable bonds is 7. The molecule has 2 N–H and O–H groups in total. The third-order valence-electron chi connectivity index (χ3n) is 3.34. The molecule has 1 atom stereocenters. The summed E-state index contributed by atoms with van der Waals surface area (Å²) in [7, 11) is 3.90. The quantitative estimate of drug-likeness (QED) is 0.795. The Labute approximate surface area is 143 Å². The van der Waals surface area contributed by atoms with Gasteiger partial charge in [0.2, 0.25) is 0 Å². The highest BCUT2D eigenvalue weighted by Gasteiger charge is 2.15. The summed E-state index contributed by atoms with van der Waals surface area (Å²) >= 11 is 1.61. The molecule has 0 spiro atoms. The Morgan fingerprint density at radius 3 is 2.50 bits per heavy atom. The van der Waals surface area contributed by atoms with Gasteiger partial charge in [-0.25, -0.2) is 4.79 Å². The molecule has 1 aromatic heterocycles. The monoisotopic (exact) mass is 355 g/mol. The molecular formula is C16H19F2N3O2S. The van der Waals surface area contributed by atoms with E-state index in [1.807, 2.05) is 35.8 Å². The number of nitrogens with zero attached hydrogens (tertiary/aromatic N) is 1. The SMILES string of the molecule is CN(C)[C@H](CNC(=O)Nc1ccc(OC(F)F)cc1)c1ccsc1. The number of urea groups is 1. The third-order valence-corrected chi connectivity index (χ3v) is 4.05. The Hall–Kier alpha value is -2.19. The molecule has 0 aliphatic heterocycles. The Morgan fingerprint density at radius 1 is 1.25 bits per heavy atom. The molecule has 0 bridgehead atoms. The van der Waals surface area contributed by atoms with Gasteiger partial charge in [-0.3, -0.25) is 0 Å². The molecule has 130 valence electrons. The highest BCUT2D eigenvalue weighted by molar-refractivity contribution is 7.07. The van der Waals surface area contributed by atoms with Crippen LogP contribution < -0.4 is 15.4 Å². The van der Waals surface area contributed by atoms with Crippen LogP contribution in [0, 0.1) is 0 Å². The normalized spacial score (nSPS) is 12.2. The molecule has 0 radical (unpaired) electrons. The van der Waals surface area contributed by atoms with Crippen LogP contribution in [0.25, 0.3) is 0 Å². The number of likely N-dealkylation sites (N-methyl/N-ethyl adjacent to an activating group) is 1. The van der Waals surface area contributed by atoms with Crippen molar-refractivity contribution in [3.05, 3.63) is 46.7 Å². The van der Waals surface area contributed by atoms with Crippen molar-refractivity contribution in [1.29, 1.82) is 0 Å². The van der Waals surface area contributed by atoms with Gasteiger partial charge in [-0.05, 0) is 60.8 Å². The first-order valence-electron chi connectivity index (χ1n) is 7.24. The highest BCUT2D eigenvalue weighted by Crippen LogP contribution is 2.20. The van der Waals surface area contributed by atoms with Gasteiger partial charge in [-0.1, -0.05) is 0 Å². The van der Waals surface area contributed by atoms with Gasteiger partial charge in [0.15, 0.2) is 0 Å². The lowest BCUT2D eigenvalue weighted by molar-refractivity contribution is -0.0498. The minimum atomic E-state index is -2.87. The number of nitrogens with one attached hydrogen (secondary N) is 2. The maximum absolute atomic E-state index is 12.1. The second kappa shape index (κ2) is 8.60. The fourth-order valence-electron chi connectivity index (χ4n) is 2.15. The molecule has 0 aliphatic rings. The van der Waals surface area contributed by atoms with E-state index in [0.717, 1.165) is 5.56 Å².